The number of methoxy groups -OCH3 is 2. The highest BCUT2D eigenvalue weighted by atomic mass is 127. The van der Waals surface area contributed by atoms with E-state index in [2.05, 4.69) is 9.97 Å². The molecule has 0 aliphatic carbocycles. The Bertz CT molecular complexity index is 1360. The molecule has 2 aromatic carbocycles. The first kappa shape index (κ1) is 22.5. The van der Waals surface area contributed by atoms with Crippen LogP contribution in [0.25, 0.3) is 11.2 Å². The third kappa shape index (κ3) is 4.44. The first-order chi connectivity index (χ1) is 15.3. The average molecular weight is 563 g/mol. The summed E-state index contributed by atoms with van der Waals surface area (Å²) in [6.45, 7) is 1.92. The molecule has 0 unspecified atom stereocenters. The van der Waals surface area contributed by atoms with Crippen LogP contribution in [0, 0.1) is 10.6 Å². The van der Waals surface area contributed by atoms with E-state index in [0.29, 0.717) is 27.7 Å². The fourth-order valence-electron chi connectivity index (χ4n) is 3.41. The fourth-order valence-corrected chi connectivity index (χ4v) is 6.05. The molecule has 2 heterocycles. The molecule has 0 saturated heterocycles. The quantitative estimate of drug-likeness (QED) is 0.311. The van der Waals surface area contributed by atoms with Crippen molar-refractivity contribution < 1.29 is 17.9 Å². The first-order valence-corrected chi connectivity index (χ1v) is 12.4. The number of aromatic nitrogens is 3. The topological polar surface area (TPSA) is 83.3 Å². The number of benzene rings is 2. The lowest BCUT2D eigenvalue weighted by molar-refractivity contribution is 0.393. The average Bonchev–Trinajstić information content (AvgIpc) is 3.13. The molecule has 4 aromatic rings. The second kappa shape index (κ2) is 9.07. The molecule has 32 heavy (non-hydrogen) atoms. The summed E-state index contributed by atoms with van der Waals surface area (Å²) in [4.78, 5) is 9.34. The van der Waals surface area contributed by atoms with E-state index in [1.165, 1.54) is 3.97 Å². The Morgan fingerprint density at radius 3 is 2.25 bits per heavy atom. The molecular weight excluding hydrogens is 541 g/mol. The van der Waals surface area contributed by atoms with E-state index in [4.69, 9.17) is 9.47 Å². The zero-order chi connectivity index (χ0) is 22.9. The largest absolute Gasteiger partial charge is 0.497 e. The maximum absolute atomic E-state index is 13.2. The summed E-state index contributed by atoms with van der Waals surface area (Å²) in [5.41, 5.74) is 3.69. The van der Waals surface area contributed by atoms with Crippen molar-refractivity contribution in [2.45, 2.75) is 24.7 Å². The first-order valence-electron chi connectivity index (χ1n) is 9.89. The van der Waals surface area contributed by atoms with E-state index >= 15 is 0 Å². The summed E-state index contributed by atoms with van der Waals surface area (Å²) < 4.78 is 38.9. The van der Waals surface area contributed by atoms with Crippen molar-refractivity contribution in [3.05, 3.63) is 75.2 Å². The molecule has 0 N–H and O–H groups in total. The van der Waals surface area contributed by atoms with Gasteiger partial charge in [0.2, 0.25) is 0 Å². The molecular formula is C23H22IN3O4S. The van der Waals surface area contributed by atoms with Crippen LogP contribution in [0.4, 0.5) is 0 Å². The predicted octanol–water partition coefficient (Wildman–Crippen LogP) is 4.38. The number of halogens is 1. The van der Waals surface area contributed by atoms with Gasteiger partial charge in [-0.1, -0.05) is 17.7 Å². The number of ether oxygens (including phenoxy) is 2. The summed E-state index contributed by atoms with van der Waals surface area (Å²) in [7, 11) is -0.534. The summed E-state index contributed by atoms with van der Waals surface area (Å²) in [6.07, 6.45) is 3.00. The molecule has 0 bridgehead atoms. The van der Waals surface area contributed by atoms with Gasteiger partial charge in [-0.25, -0.2) is 22.4 Å². The maximum atomic E-state index is 13.2. The Kier molecular flexibility index (Phi) is 6.38. The number of nitrogens with zero attached hydrogens (tertiary/aromatic N) is 3. The van der Waals surface area contributed by atoms with E-state index < -0.39 is 10.0 Å². The highest BCUT2D eigenvalue weighted by molar-refractivity contribution is 14.1. The SMILES string of the molecule is COc1cc(CCc2cnc3c(cc(I)n3S(=O)(=O)c3ccc(C)cc3)n2)cc(OC)c1. The van der Waals surface area contributed by atoms with Crippen molar-refractivity contribution in [2.24, 2.45) is 0 Å². The van der Waals surface area contributed by atoms with Crippen molar-refractivity contribution in [2.75, 3.05) is 14.2 Å². The smallest absolute Gasteiger partial charge is 0.270 e. The van der Waals surface area contributed by atoms with E-state index in [1.807, 2.05) is 47.7 Å². The van der Waals surface area contributed by atoms with Crippen LogP contribution in [0.15, 0.2) is 59.6 Å². The molecule has 0 atom stereocenters. The minimum Gasteiger partial charge on any atom is -0.497 e. The van der Waals surface area contributed by atoms with E-state index in [9.17, 15) is 8.42 Å². The van der Waals surface area contributed by atoms with Gasteiger partial charge in [0.15, 0.2) is 5.65 Å². The molecule has 7 nitrogen and oxygen atoms in total. The molecule has 9 heteroatoms. The van der Waals surface area contributed by atoms with Crippen molar-refractivity contribution in [1.82, 2.24) is 13.9 Å². The highest BCUT2D eigenvalue weighted by Gasteiger charge is 2.23. The molecule has 0 saturated carbocycles. The Labute approximate surface area is 200 Å². The maximum Gasteiger partial charge on any atom is 0.270 e. The van der Waals surface area contributed by atoms with E-state index in [0.717, 1.165) is 28.3 Å². The number of hydrogen-bond donors (Lipinski definition) is 0. The molecule has 4 rings (SSSR count). The Morgan fingerprint density at radius 2 is 1.62 bits per heavy atom. The van der Waals surface area contributed by atoms with Gasteiger partial charge in [0.25, 0.3) is 10.0 Å². The van der Waals surface area contributed by atoms with Gasteiger partial charge >= 0.3 is 0 Å². The van der Waals surface area contributed by atoms with Crippen LogP contribution in [-0.2, 0) is 22.9 Å². The molecule has 0 spiro atoms. The van der Waals surface area contributed by atoms with Gasteiger partial charge in [0.1, 0.15) is 17.0 Å². The number of aryl methyl sites for hydroxylation is 3. The van der Waals surface area contributed by atoms with Crippen molar-refractivity contribution in [3.8, 4) is 11.5 Å². The standard InChI is InChI=1S/C23H22IN3O4S/c1-15-4-8-20(9-5-15)32(28,29)27-22(24)13-21-23(27)25-14-17(26-21)7-6-16-10-18(30-2)12-19(11-16)31-3/h4-5,8-14H,6-7H2,1-3H3. The van der Waals surface area contributed by atoms with Gasteiger partial charge in [-0.2, -0.15) is 0 Å². The van der Waals surface area contributed by atoms with Gasteiger partial charge in [-0.05, 0) is 78.3 Å². The normalized spacial score (nSPS) is 11.6. The highest BCUT2D eigenvalue weighted by Crippen LogP contribution is 2.26. The number of fused-ring (bicyclic) bond motifs is 1. The van der Waals surface area contributed by atoms with Crippen LogP contribution in [0.1, 0.15) is 16.8 Å². The number of hydrogen-bond acceptors (Lipinski definition) is 6. The molecule has 166 valence electrons. The van der Waals surface area contributed by atoms with Gasteiger partial charge in [0, 0.05) is 6.07 Å². The Balaban J connectivity index is 1.63. The van der Waals surface area contributed by atoms with Crippen LogP contribution in [0.3, 0.4) is 0 Å². The van der Waals surface area contributed by atoms with Gasteiger partial charge in [0.05, 0.1) is 34.7 Å². The lowest BCUT2D eigenvalue weighted by Gasteiger charge is -2.09. The molecule has 0 aliphatic rings. The fraction of sp³-hybridized carbons (Fsp3) is 0.217. The van der Waals surface area contributed by atoms with E-state index in [-0.39, 0.29) is 4.90 Å². The molecule has 0 aliphatic heterocycles. The summed E-state index contributed by atoms with van der Waals surface area (Å²) in [5, 5.41) is 0. The Hall–Kier alpha value is -2.66. The van der Waals surface area contributed by atoms with Gasteiger partial charge < -0.3 is 9.47 Å². The second-order valence-electron chi connectivity index (χ2n) is 7.34. The lowest BCUT2D eigenvalue weighted by Crippen LogP contribution is -2.15. The molecule has 0 radical (unpaired) electrons. The van der Waals surface area contributed by atoms with Crippen molar-refractivity contribution >= 4 is 43.8 Å². The molecule has 0 fully saturated rings. The van der Waals surface area contributed by atoms with Gasteiger partial charge in [-0.3, -0.25) is 0 Å². The monoisotopic (exact) mass is 563 g/mol. The number of rotatable bonds is 7. The van der Waals surface area contributed by atoms with Crippen LogP contribution in [0.5, 0.6) is 11.5 Å². The third-order valence-corrected chi connectivity index (χ3v) is 7.95. The zero-order valence-corrected chi connectivity index (χ0v) is 20.8. The molecule has 2 aromatic heterocycles. The van der Waals surface area contributed by atoms with Crippen molar-refractivity contribution in [3.63, 3.8) is 0 Å². The van der Waals surface area contributed by atoms with E-state index in [1.54, 1.807) is 50.7 Å². The third-order valence-electron chi connectivity index (χ3n) is 5.11. The Morgan fingerprint density at radius 1 is 0.969 bits per heavy atom. The van der Waals surface area contributed by atoms with Crippen molar-refractivity contribution in [1.29, 1.82) is 0 Å². The van der Waals surface area contributed by atoms with Crippen LogP contribution < -0.4 is 9.47 Å². The second-order valence-corrected chi connectivity index (χ2v) is 10.2. The minimum absolute atomic E-state index is 0.219. The summed E-state index contributed by atoms with van der Waals surface area (Å²) in [6, 6.07) is 14.3. The predicted molar refractivity (Wildman–Crippen MR) is 131 cm³/mol. The summed E-state index contributed by atoms with van der Waals surface area (Å²) in [5.74, 6) is 1.46. The van der Waals surface area contributed by atoms with Gasteiger partial charge in [-0.15, -0.1) is 0 Å². The lowest BCUT2D eigenvalue weighted by atomic mass is 10.1. The minimum atomic E-state index is -3.77. The molecule has 0 amide bonds. The van der Waals surface area contributed by atoms with Crippen LogP contribution in [-0.4, -0.2) is 36.6 Å². The van der Waals surface area contributed by atoms with Crippen LogP contribution >= 0.6 is 22.6 Å². The van der Waals surface area contributed by atoms with Crippen LogP contribution in [0.2, 0.25) is 0 Å². The summed E-state index contributed by atoms with van der Waals surface area (Å²) >= 11 is 2.01. The zero-order valence-electron chi connectivity index (χ0n) is 17.9.